The van der Waals surface area contributed by atoms with Crippen LogP contribution in [-0.4, -0.2) is 17.5 Å². The van der Waals surface area contributed by atoms with Gasteiger partial charge in [-0.1, -0.05) is 25.8 Å². The maximum Gasteiger partial charge on any atom is 0.0286 e. The molecule has 1 saturated carbocycles. The van der Waals surface area contributed by atoms with E-state index < -0.39 is 0 Å². The van der Waals surface area contributed by atoms with Crippen LogP contribution >= 0.6 is 0 Å². The summed E-state index contributed by atoms with van der Waals surface area (Å²) in [7, 11) is 0. The van der Waals surface area contributed by atoms with Gasteiger partial charge in [0.05, 0.1) is 0 Å². The summed E-state index contributed by atoms with van der Waals surface area (Å²) in [5.41, 5.74) is 1.24. The Morgan fingerprint density at radius 2 is 1.92 bits per heavy atom. The quantitative estimate of drug-likeness (QED) is 0.624. The van der Waals surface area contributed by atoms with E-state index in [0.717, 1.165) is 12.6 Å². The molecule has 1 rings (SSSR count). The molecule has 0 atom stereocenters. The molecule has 1 aliphatic carbocycles. The van der Waals surface area contributed by atoms with E-state index in [0.29, 0.717) is 0 Å². The van der Waals surface area contributed by atoms with E-state index in [9.17, 15) is 0 Å². The predicted molar refractivity (Wildman–Crippen MR) is 54.1 cm³/mol. The van der Waals surface area contributed by atoms with Gasteiger partial charge in [0.25, 0.3) is 0 Å². The van der Waals surface area contributed by atoms with Crippen LogP contribution in [0.2, 0.25) is 0 Å². The van der Waals surface area contributed by atoms with E-state index in [4.69, 9.17) is 0 Å². The minimum atomic E-state index is 0.793. The van der Waals surface area contributed by atoms with E-state index >= 15 is 0 Å². The second kappa shape index (κ2) is 4.54. The van der Waals surface area contributed by atoms with Gasteiger partial charge in [-0.3, -0.25) is 0 Å². The highest BCUT2D eigenvalue weighted by atomic mass is 15.2. The normalized spacial score (nSPS) is 19.2. The molecule has 0 heterocycles. The summed E-state index contributed by atoms with van der Waals surface area (Å²) in [4.78, 5) is 2.46. The molecule has 1 aliphatic rings. The largest absolute Gasteiger partial charge is 0.373 e. The van der Waals surface area contributed by atoms with Crippen molar-refractivity contribution < 1.29 is 0 Å². The highest BCUT2D eigenvalue weighted by molar-refractivity contribution is 4.92. The van der Waals surface area contributed by atoms with Gasteiger partial charge in [0, 0.05) is 18.3 Å². The molecular weight excluding hydrogens is 146 g/mol. The molecule has 0 aromatic rings. The molecule has 0 amide bonds. The van der Waals surface area contributed by atoms with Crippen molar-refractivity contribution in [1.29, 1.82) is 0 Å². The first kappa shape index (κ1) is 9.63. The second-order valence-electron chi connectivity index (χ2n) is 3.81. The molecule has 12 heavy (non-hydrogen) atoms. The Morgan fingerprint density at radius 1 is 1.33 bits per heavy atom. The monoisotopic (exact) mass is 167 g/mol. The third kappa shape index (κ3) is 2.26. The van der Waals surface area contributed by atoms with E-state index in [2.05, 4.69) is 25.3 Å². The summed E-state index contributed by atoms with van der Waals surface area (Å²) in [5.74, 6) is 0. The summed E-state index contributed by atoms with van der Waals surface area (Å²) in [6.45, 7) is 9.50. The summed E-state index contributed by atoms with van der Waals surface area (Å²) >= 11 is 0. The summed E-state index contributed by atoms with van der Waals surface area (Å²) < 4.78 is 0. The molecule has 0 aliphatic heterocycles. The van der Waals surface area contributed by atoms with Crippen LogP contribution in [0.1, 0.15) is 46.0 Å². The molecule has 0 radical (unpaired) electrons. The van der Waals surface area contributed by atoms with Gasteiger partial charge in [0.15, 0.2) is 0 Å². The van der Waals surface area contributed by atoms with Crippen molar-refractivity contribution in [2.24, 2.45) is 0 Å². The Kier molecular flexibility index (Phi) is 3.64. The average molecular weight is 167 g/mol. The Bertz CT molecular complexity index is 145. The molecule has 0 bridgehead atoms. The Morgan fingerprint density at radius 3 is 2.33 bits per heavy atom. The van der Waals surface area contributed by atoms with Crippen molar-refractivity contribution in [1.82, 2.24) is 4.90 Å². The summed E-state index contributed by atoms with van der Waals surface area (Å²) in [6, 6.07) is 0.793. The lowest BCUT2D eigenvalue weighted by atomic mass is 9.94. The lowest BCUT2D eigenvalue weighted by Gasteiger charge is -2.35. The zero-order valence-corrected chi connectivity index (χ0v) is 8.47. The van der Waals surface area contributed by atoms with Gasteiger partial charge >= 0.3 is 0 Å². The fourth-order valence-corrected chi connectivity index (χ4v) is 2.23. The number of hydrogen-bond donors (Lipinski definition) is 0. The van der Waals surface area contributed by atoms with Crippen LogP contribution in [-0.2, 0) is 0 Å². The number of hydrogen-bond acceptors (Lipinski definition) is 1. The second-order valence-corrected chi connectivity index (χ2v) is 3.81. The van der Waals surface area contributed by atoms with Crippen LogP contribution < -0.4 is 0 Å². The third-order valence-electron chi connectivity index (χ3n) is 2.85. The molecule has 0 spiro atoms. The molecular formula is C11H21N. The minimum absolute atomic E-state index is 0.793. The van der Waals surface area contributed by atoms with Crippen molar-refractivity contribution in [3.63, 3.8) is 0 Å². The molecule has 0 saturated heterocycles. The Hall–Kier alpha value is -0.460. The summed E-state index contributed by atoms with van der Waals surface area (Å²) in [6.07, 6.45) is 7.01. The first-order valence-corrected chi connectivity index (χ1v) is 5.18. The van der Waals surface area contributed by atoms with Crippen LogP contribution in [0.25, 0.3) is 0 Å². The molecule has 0 aromatic heterocycles. The van der Waals surface area contributed by atoms with Crippen molar-refractivity contribution >= 4 is 0 Å². The summed E-state index contributed by atoms with van der Waals surface area (Å²) in [5, 5.41) is 0. The minimum Gasteiger partial charge on any atom is -0.373 e. The SMILES string of the molecule is C=C(C)N(CC)C1CCCCC1. The smallest absolute Gasteiger partial charge is 0.0286 e. The van der Waals surface area contributed by atoms with Crippen LogP contribution in [0.4, 0.5) is 0 Å². The van der Waals surface area contributed by atoms with Crippen molar-refractivity contribution in [3.05, 3.63) is 12.3 Å². The van der Waals surface area contributed by atoms with Crippen LogP contribution in [0.3, 0.4) is 0 Å². The highest BCUT2D eigenvalue weighted by Gasteiger charge is 2.18. The van der Waals surface area contributed by atoms with Gasteiger partial charge < -0.3 is 4.90 Å². The van der Waals surface area contributed by atoms with Crippen LogP contribution in [0.15, 0.2) is 12.3 Å². The predicted octanol–water partition coefficient (Wildman–Crippen LogP) is 3.17. The fraction of sp³-hybridized carbons (Fsp3) is 0.818. The zero-order chi connectivity index (χ0) is 8.97. The van der Waals surface area contributed by atoms with Gasteiger partial charge in [-0.05, 0) is 26.7 Å². The average Bonchev–Trinajstić information content (AvgIpc) is 2.07. The van der Waals surface area contributed by atoms with Gasteiger partial charge in [-0.25, -0.2) is 0 Å². The van der Waals surface area contributed by atoms with Gasteiger partial charge in [0.2, 0.25) is 0 Å². The lowest BCUT2D eigenvalue weighted by Crippen LogP contribution is -2.34. The van der Waals surface area contributed by atoms with E-state index in [1.165, 1.54) is 37.8 Å². The number of rotatable bonds is 3. The molecule has 1 heteroatoms. The van der Waals surface area contributed by atoms with E-state index in [1.54, 1.807) is 0 Å². The maximum atomic E-state index is 4.03. The van der Waals surface area contributed by atoms with E-state index in [1.807, 2.05) is 0 Å². The number of allylic oxidation sites excluding steroid dienone is 1. The molecule has 70 valence electrons. The molecule has 0 N–H and O–H groups in total. The first-order chi connectivity index (χ1) is 5.75. The van der Waals surface area contributed by atoms with Gasteiger partial charge in [-0.15, -0.1) is 0 Å². The fourth-order valence-electron chi connectivity index (χ4n) is 2.23. The Balaban J connectivity index is 2.46. The molecule has 0 unspecified atom stereocenters. The lowest BCUT2D eigenvalue weighted by molar-refractivity contribution is 0.209. The van der Waals surface area contributed by atoms with E-state index in [-0.39, 0.29) is 0 Å². The molecule has 1 fully saturated rings. The maximum absolute atomic E-state index is 4.03. The van der Waals surface area contributed by atoms with Crippen molar-refractivity contribution in [3.8, 4) is 0 Å². The third-order valence-corrected chi connectivity index (χ3v) is 2.85. The zero-order valence-electron chi connectivity index (χ0n) is 8.47. The van der Waals surface area contributed by atoms with Gasteiger partial charge in [0.1, 0.15) is 0 Å². The standard InChI is InChI=1S/C11H21N/c1-4-12(10(2)3)11-8-6-5-7-9-11/h11H,2,4-9H2,1,3H3. The highest BCUT2D eigenvalue weighted by Crippen LogP contribution is 2.24. The molecule has 1 nitrogen and oxygen atoms in total. The van der Waals surface area contributed by atoms with Crippen LogP contribution in [0.5, 0.6) is 0 Å². The Labute approximate surface area is 76.5 Å². The van der Waals surface area contributed by atoms with Crippen molar-refractivity contribution in [2.45, 2.75) is 52.0 Å². The number of nitrogens with zero attached hydrogens (tertiary/aromatic N) is 1. The van der Waals surface area contributed by atoms with Crippen molar-refractivity contribution in [2.75, 3.05) is 6.54 Å². The van der Waals surface area contributed by atoms with Crippen LogP contribution in [0, 0.1) is 0 Å². The molecule has 0 aromatic carbocycles. The van der Waals surface area contributed by atoms with Gasteiger partial charge in [-0.2, -0.15) is 0 Å². The first-order valence-electron chi connectivity index (χ1n) is 5.18. The topological polar surface area (TPSA) is 3.24 Å².